The van der Waals surface area contributed by atoms with Gasteiger partial charge in [-0.3, -0.25) is 0 Å². The van der Waals surface area contributed by atoms with Crippen LogP contribution in [0.2, 0.25) is 0 Å². The summed E-state index contributed by atoms with van der Waals surface area (Å²) in [6, 6.07) is 0. The van der Waals surface area contributed by atoms with E-state index in [0.717, 1.165) is 12.8 Å². The lowest BCUT2D eigenvalue weighted by Gasteiger charge is -2.24. The molecule has 0 unspecified atom stereocenters. The standard InChI is InChI=1S/C12H24BClO2/c1-6-7-10(14)13-15-11(8(2)3)12(16-13)9(4)5/h8-12H,6-7H2,1-5H3/t10-,11+,12+/m1/s1. The average molecular weight is 247 g/mol. The highest BCUT2D eigenvalue weighted by Crippen LogP contribution is 2.31. The van der Waals surface area contributed by atoms with Gasteiger partial charge in [-0.25, -0.2) is 0 Å². The van der Waals surface area contributed by atoms with Crippen molar-refractivity contribution in [1.29, 1.82) is 0 Å². The van der Waals surface area contributed by atoms with Crippen LogP contribution in [0.15, 0.2) is 0 Å². The summed E-state index contributed by atoms with van der Waals surface area (Å²) in [5.41, 5.74) is 0. The Hall–Kier alpha value is 0.275. The van der Waals surface area contributed by atoms with E-state index in [2.05, 4.69) is 34.6 Å². The molecule has 1 fully saturated rings. The van der Waals surface area contributed by atoms with Crippen molar-refractivity contribution in [2.75, 3.05) is 0 Å². The molecule has 1 saturated heterocycles. The van der Waals surface area contributed by atoms with Gasteiger partial charge in [0.1, 0.15) is 0 Å². The van der Waals surface area contributed by atoms with Gasteiger partial charge >= 0.3 is 7.12 Å². The molecule has 0 amide bonds. The predicted octanol–water partition coefficient (Wildman–Crippen LogP) is 3.52. The molecular weight excluding hydrogens is 222 g/mol. The maximum atomic E-state index is 6.28. The van der Waals surface area contributed by atoms with Crippen LogP contribution in [0.1, 0.15) is 47.5 Å². The van der Waals surface area contributed by atoms with Gasteiger partial charge in [-0.1, -0.05) is 41.0 Å². The first kappa shape index (κ1) is 14.3. The van der Waals surface area contributed by atoms with Gasteiger partial charge in [0.2, 0.25) is 0 Å². The smallest absolute Gasteiger partial charge is 0.404 e. The molecule has 0 aromatic carbocycles. The van der Waals surface area contributed by atoms with E-state index in [0.29, 0.717) is 11.8 Å². The summed E-state index contributed by atoms with van der Waals surface area (Å²) < 4.78 is 11.9. The second kappa shape index (κ2) is 6.27. The Morgan fingerprint density at radius 3 is 1.81 bits per heavy atom. The van der Waals surface area contributed by atoms with Crippen molar-refractivity contribution in [1.82, 2.24) is 0 Å². The van der Waals surface area contributed by atoms with E-state index in [1.54, 1.807) is 0 Å². The number of hydrogen-bond donors (Lipinski definition) is 0. The number of alkyl halides is 1. The first-order chi connectivity index (χ1) is 7.47. The first-order valence-electron chi connectivity index (χ1n) is 6.42. The lowest BCUT2D eigenvalue weighted by molar-refractivity contribution is 0.0815. The van der Waals surface area contributed by atoms with E-state index in [9.17, 15) is 0 Å². The Morgan fingerprint density at radius 1 is 1.06 bits per heavy atom. The fraction of sp³-hybridized carbons (Fsp3) is 1.00. The van der Waals surface area contributed by atoms with Crippen LogP contribution in [0.3, 0.4) is 0 Å². The van der Waals surface area contributed by atoms with Gasteiger partial charge in [0.05, 0.1) is 17.5 Å². The summed E-state index contributed by atoms with van der Waals surface area (Å²) in [6.45, 7) is 10.8. The predicted molar refractivity (Wildman–Crippen MR) is 69.7 cm³/mol. The second-order valence-electron chi connectivity index (χ2n) is 5.36. The zero-order valence-corrected chi connectivity index (χ0v) is 11.8. The molecule has 0 aromatic rings. The summed E-state index contributed by atoms with van der Waals surface area (Å²) in [4.78, 5) is 0. The fourth-order valence-corrected chi connectivity index (χ4v) is 2.49. The summed E-state index contributed by atoms with van der Waals surface area (Å²) in [5, 5.41) is -0.0185. The topological polar surface area (TPSA) is 18.5 Å². The van der Waals surface area contributed by atoms with Crippen LogP contribution in [0.5, 0.6) is 0 Å². The normalized spacial score (nSPS) is 28.1. The largest absolute Gasteiger partial charge is 0.476 e. The Morgan fingerprint density at radius 2 is 1.50 bits per heavy atom. The van der Waals surface area contributed by atoms with E-state index < -0.39 is 0 Å². The van der Waals surface area contributed by atoms with Gasteiger partial charge in [-0.2, -0.15) is 0 Å². The number of rotatable bonds is 5. The molecule has 0 spiro atoms. The number of halogens is 1. The van der Waals surface area contributed by atoms with Crippen LogP contribution < -0.4 is 0 Å². The molecule has 3 atom stereocenters. The minimum Gasteiger partial charge on any atom is -0.404 e. The molecule has 16 heavy (non-hydrogen) atoms. The van der Waals surface area contributed by atoms with Gasteiger partial charge in [0.15, 0.2) is 0 Å². The molecule has 1 rings (SSSR count). The third kappa shape index (κ3) is 3.38. The van der Waals surface area contributed by atoms with E-state index >= 15 is 0 Å². The Labute approximate surface area is 105 Å². The maximum Gasteiger partial charge on any atom is 0.476 e. The van der Waals surface area contributed by atoms with Crippen molar-refractivity contribution in [3.63, 3.8) is 0 Å². The van der Waals surface area contributed by atoms with Gasteiger partial charge in [0, 0.05) is 0 Å². The van der Waals surface area contributed by atoms with Crippen LogP contribution in [0.4, 0.5) is 0 Å². The van der Waals surface area contributed by atoms with Gasteiger partial charge in [-0.05, 0) is 18.3 Å². The average Bonchev–Trinajstić information content (AvgIpc) is 2.62. The molecule has 1 heterocycles. The fourth-order valence-electron chi connectivity index (χ4n) is 2.15. The summed E-state index contributed by atoms with van der Waals surface area (Å²) in [7, 11) is -0.221. The van der Waals surface area contributed by atoms with Gasteiger partial charge in [-0.15, -0.1) is 11.6 Å². The van der Waals surface area contributed by atoms with E-state index in [-0.39, 0.29) is 24.6 Å². The highest BCUT2D eigenvalue weighted by Gasteiger charge is 2.45. The van der Waals surface area contributed by atoms with Crippen molar-refractivity contribution >= 4 is 18.7 Å². The minimum absolute atomic E-state index is 0.0185. The molecule has 0 aliphatic carbocycles. The molecule has 0 N–H and O–H groups in total. The van der Waals surface area contributed by atoms with E-state index in [1.807, 2.05) is 0 Å². The zero-order chi connectivity index (χ0) is 12.3. The summed E-state index contributed by atoms with van der Waals surface area (Å²) >= 11 is 6.28. The Kier molecular flexibility index (Phi) is 5.62. The van der Waals surface area contributed by atoms with Crippen molar-refractivity contribution < 1.29 is 9.31 Å². The van der Waals surface area contributed by atoms with Crippen LogP contribution in [-0.4, -0.2) is 24.6 Å². The zero-order valence-electron chi connectivity index (χ0n) is 11.1. The van der Waals surface area contributed by atoms with Crippen LogP contribution >= 0.6 is 11.6 Å². The van der Waals surface area contributed by atoms with Gasteiger partial charge < -0.3 is 9.31 Å². The lowest BCUT2D eigenvalue weighted by atomic mass is 9.82. The van der Waals surface area contributed by atoms with Crippen molar-refractivity contribution in [3.8, 4) is 0 Å². The Bertz CT molecular complexity index is 195. The highest BCUT2D eigenvalue weighted by molar-refractivity contribution is 6.59. The molecule has 0 radical (unpaired) electrons. The number of hydrogen-bond acceptors (Lipinski definition) is 2. The maximum absolute atomic E-state index is 6.28. The molecule has 0 bridgehead atoms. The van der Waals surface area contributed by atoms with Gasteiger partial charge in [0.25, 0.3) is 0 Å². The van der Waals surface area contributed by atoms with Crippen LogP contribution in [-0.2, 0) is 9.31 Å². The molecule has 1 aliphatic rings. The van der Waals surface area contributed by atoms with Crippen molar-refractivity contribution in [2.24, 2.45) is 11.8 Å². The third-order valence-corrected chi connectivity index (χ3v) is 3.50. The summed E-state index contributed by atoms with van der Waals surface area (Å²) in [6.07, 6.45) is 2.38. The quantitative estimate of drug-likeness (QED) is 0.546. The highest BCUT2D eigenvalue weighted by atomic mass is 35.5. The Balaban J connectivity index is 2.61. The molecular formula is C12H24BClO2. The van der Waals surface area contributed by atoms with E-state index in [1.165, 1.54) is 0 Å². The monoisotopic (exact) mass is 246 g/mol. The molecule has 4 heteroatoms. The minimum atomic E-state index is -0.221. The molecule has 94 valence electrons. The molecule has 2 nitrogen and oxygen atoms in total. The van der Waals surface area contributed by atoms with E-state index in [4.69, 9.17) is 20.9 Å². The molecule has 0 saturated carbocycles. The second-order valence-corrected chi connectivity index (χ2v) is 5.92. The third-order valence-electron chi connectivity index (χ3n) is 3.08. The van der Waals surface area contributed by atoms with Crippen molar-refractivity contribution in [3.05, 3.63) is 0 Å². The molecule has 0 aromatic heterocycles. The first-order valence-corrected chi connectivity index (χ1v) is 6.86. The van der Waals surface area contributed by atoms with Crippen molar-refractivity contribution in [2.45, 2.75) is 64.9 Å². The molecule has 1 aliphatic heterocycles. The summed E-state index contributed by atoms with van der Waals surface area (Å²) in [5.74, 6) is 0.950. The van der Waals surface area contributed by atoms with Crippen LogP contribution in [0.25, 0.3) is 0 Å². The van der Waals surface area contributed by atoms with Crippen LogP contribution in [0, 0.1) is 11.8 Å². The SMILES string of the molecule is CCC[C@@H](Cl)B1O[C@@H](C(C)C)[C@H](C(C)C)O1. The lowest BCUT2D eigenvalue weighted by Crippen LogP contribution is -2.31.